The Balaban J connectivity index is 1.65. The molecule has 8 heteroatoms. The van der Waals surface area contributed by atoms with E-state index in [0.29, 0.717) is 23.8 Å². The van der Waals surface area contributed by atoms with Crippen molar-refractivity contribution in [3.8, 4) is 0 Å². The largest absolute Gasteiger partial charge is 0.326 e. The molecule has 154 valence electrons. The topological polar surface area (TPSA) is 104 Å². The molecule has 0 unspecified atom stereocenters. The Hall–Kier alpha value is -2.71. The highest BCUT2D eigenvalue weighted by Gasteiger charge is 2.24. The van der Waals surface area contributed by atoms with E-state index in [4.69, 9.17) is 0 Å². The van der Waals surface area contributed by atoms with Crippen molar-refractivity contribution in [1.82, 2.24) is 4.72 Å². The molecule has 3 rings (SSSR count). The summed E-state index contributed by atoms with van der Waals surface area (Å²) in [6.45, 7) is 4.04. The van der Waals surface area contributed by atoms with Crippen LogP contribution >= 0.6 is 0 Å². The van der Waals surface area contributed by atoms with Crippen LogP contribution in [-0.4, -0.2) is 26.8 Å². The Morgan fingerprint density at radius 1 is 1.00 bits per heavy atom. The first kappa shape index (κ1) is 21.0. The summed E-state index contributed by atoms with van der Waals surface area (Å²) in [6, 6.07) is 12.7. The monoisotopic (exact) mass is 415 g/mol. The van der Waals surface area contributed by atoms with Crippen LogP contribution in [-0.2, 0) is 14.8 Å². The molecule has 2 aromatic carbocycles. The van der Waals surface area contributed by atoms with Crippen molar-refractivity contribution < 1.29 is 18.0 Å². The summed E-state index contributed by atoms with van der Waals surface area (Å²) in [5.74, 6) is -0.209. The van der Waals surface area contributed by atoms with Crippen LogP contribution in [0, 0.1) is 11.8 Å². The van der Waals surface area contributed by atoms with Crippen molar-refractivity contribution in [2.75, 3.05) is 17.2 Å². The molecule has 3 N–H and O–H groups in total. The minimum atomic E-state index is -3.64. The van der Waals surface area contributed by atoms with Crippen molar-refractivity contribution >= 4 is 33.2 Å². The van der Waals surface area contributed by atoms with Crippen molar-refractivity contribution in [3.05, 3.63) is 54.1 Å². The fourth-order valence-electron chi connectivity index (χ4n) is 2.56. The molecule has 1 fully saturated rings. The molecule has 0 bridgehead atoms. The molecule has 1 saturated carbocycles. The van der Waals surface area contributed by atoms with E-state index in [1.165, 1.54) is 12.1 Å². The van der Waals surface area contributed by atoms with E-state index in [2.05, 4.69) is 15.4 Å². The molecule has 29 heavy (non-hydrogen) atoms. The molecule has 2 amide bonds. The van der Waals surface area contributed by atoms with Crippen LogP contribution in [0.1, 0.15) is 37.0 Å². The highest BCUT2D eigenvalue weighted by Crippen LogP contribution is 2.28. The van der Waals surface area contributed by atoms with Crippen molar-refractivity contribution in [2.45, 2.75) is 31.6 Å². The Morgan fingerprint density at radius 2 is 1.62 bits per heavy atom. The van der Waals surface area contributed by atoms with Gasteiger partial charge in [-0.1, -0.05) is 19.9 Å². The van der Waals surface area contributed by atoms with Crippen LogP contribution in [0.4, 0.5) is 11.4 Å². The molecule has 7 nitrogen and oxygen atoms in total. The SMILES string of the molecule is CC(C)C(=O)Nc1ccc(NC(=O)c2cccc(S(=O)(=O)NCC3CC3)c2)cc1. The van der Waals surface area contributed by atoms with Gasteiger partial charge < -0.3 is 10.6 Å². The maximum atomic E-state index is 12.5. The first-order chi connectivity index (χ1) is 13.7. The number of amides is 2. The van der Waals surface area contributed by atoms with Crippen LogP contribution in [0.3, 0.4) is 0 Å². The van der Waals surface area contributed by atoms with Crippen LogP contribution in [0.25, 0.3) is 0 Å². The number of carbonyl (C=O) groups excluding carboxylic acids is 2. The molecular weight excluding hydrogens is 390 g/mol. The number of carbonyl (C=O) groups is 2. The Kier molecular flexibility index (Phi) is 6.34. The summed E-state index contributed by atoms with van der Waals surface area (Å²) >= 11 is 0. The number of sulfonamides is 1. The predicted octanol–water partition coefficient (Wildman–Crippen LogP) is 3.22. The third-order valence-corrected chi connectivity index (χ3v) is 6.02. The first-order valence-corrected chi connectivity index (χ1v) is 11.0. The Labute approximate surface area is 171 Å². The molecule has 1 aliphatic carbocycles. The van der Waals surface area contributed by atoms with Crippen molar-refractivity contribution in [1.29, 1.82) is 0 Å². The molecule has 0 aliphatic heterocycles. The predicted molar refractivity (Wildman–Crippen MR) is 112 cm³/mol. The standard InChI is InChI=1S/C21H25N3O4S/c1-14(2)20(25)23-17-8-10-18(11-9-17)24-21(26)16-4-3-5-19(12-16)29(27,28)22-13-15-6-7-15/h3-5,8-12,14-15,22H,6-7,13H2,1-2H3,(H,23,25)(H,24,26). The van der Waals surface area contributed by atoms with Gasteiger partial charge in [-0.2, -0.15) is 0 Å². The lowest BCUT2D eigenvalue weighted by Crippen LogP contribution is -2.26. The molecule has 0 radical (unpaired) electrons. The quantitative estimate of drug-likeness (QED) is 0.616. The highest BCUT2D eigenvalue weighted by atomic mass is 32.2. The van der Waals surface area contributed by atoms with Crippen molar-refractivity contribution in [2.24, 2.45) is 11.8 Å². The molecule has 0 heterocycles. The lowest BCUT2D eigenvalue weighted by molar-refractivity contribution is -0.118. The number of rotatable bonds is 8. The van der Waals surface area contributed by atoms with Gasteiger partial charge in [0.25, 0.3) is 5.91 Å². The van der Waals surface area contributed by atoms with E-state index < -0.39 is 15.9 Å². The summed E-state index contributed by atoms with van der Waals surface area (Å²) < 4.78 is 27.4. The second-order valence-electron chi connectivity index (χ2n) is 7.50. The van der Waals surface area contributed by atoms with Crippen LogP contribution < -0.4 is 15.4 Å². The van der Waals surface area contributed by atoms with Gasteiger partial charge in [-0.3, -0.25) is 9.59 Å². The van der Waals surface area contributed by atoms with Crippen molar-refractivity contribution in [3.63, 3.8) is 0 Å². The molecular formula is C21H25N3O4S. The third-order valence-electron chi connectivity index (χ3n) is 4.60. The zero-order chi connectivity index (χ0) is 21.0. The molecule has 0 aromatic heterocycles. The first-order valence-electron chi connectivity index (χ1n) is 9.56. The highest BCUT2D eigenvalue weighted by molar-refractivity contribution is 7.89. The number of anilines is 2. The van der Waals surface area contributed by atoms with E-state index in [1.54, 1.807) is 50.2 Å². The Bertz CT molecular complexity index is 997. The Morgan fingerprint density at radius 3 is 2.21 bits per heavy atom. The summed E-state index contributed by atoms with van der Waals surface area (Å²) in [6.07, 6.45) is 2.09. The minimum absolute atomic E-state index is 0.0672. The second-order valence-corrected chi connectivity index (χ2v) is 9.27. The van der Waals surface area contributed by atoms with E-state index in [-0.39, 0.29) is 22.3 Å². The summed E-state index contributed by atoms with van der Waals surface area (Å²) in [4.78, 5) is 24.3. The van der Waals surface area contributed by atoms with Gasteiger partial charge in [-0.25, -0.2) is 13.1 Å². The summed E-state index contributed by atoms with van der Waals surface area (Å²) in [7, 11) is -3.64. The van der Waals surface area contributed by atoms with E-state index in [0.717, 1.165) is 12.8 Å². The lowest BCUT2D eigenvalue weighted by Gasteiger charge is -2.10. The zero-order valence-corrected chi connectivity index (χ0v) is 17.3. The minimum Gasteiger partial charge on any atom is -0.326 e. The fraction of sp³-hybridized carbons (Fsp3) is 0.333. The van der Waals surface area contributed by atoms with Gasteiger partial charge in [0.1, 0.15) is 0 Å². The van der Waals surface area contributed by atoms with Crippen LogP contribution in [0.15, 0.2) is 53.4 Å². The molecule has 2 aromatic rings. The number of hydrogen-bond donors (Lipinski definition) is 3. The van der Waals surface area contributed by atoms with Gasteiger partial charge in [0, 0.05) is 29.4 Å². The average molecular weight is 416 g/mol. The van der Waals surface area contributed by atoms with Gasteiger partial charge in [-0.15, -0.1) is 0 Å². The van der Waals surface area contributed by atoms with E-state index in [9.17, 15) is 18.0 Å². The van der Waals surface area contributed by atoms with Gasteiger partial charge in [0.05, 0.1) is 4.90 Å². The summed E-state index contributed by atoms with van der Waals surface area (Å²) in [5, 5.41) is 5.51. The van der Waals surface area contributed by atoms with Crippen LogP contribution in [0.2, 0.25) is 0 Å². The van der Waals surface area contributed by atoms with Gasteiger partial charge in [0.15, 0.2) is 0 Å². The lowest BCUT2D eigenvalue weighted by atomic mass is 10.2. The average Bonchev–Trinajstić information content (AvgIpc) is 3.52. The maximum Gasteiger partial charge on any atom is 0.255 e. The summed E-state index contributed by atoms with van der Waals surface area (Å²) in [5.41, 5.74) is 1.42. The fourth-order valence-corrected chi connectivity index (χ4v) is 3.73. The smallest absolute Gasteiger partial charge is 0.255 e. The molecule has 0 saturated heterocycles. The molecule has 0 atom stereocenters. The third kappa shape index (κ3) is 5.88. The zero-order valence-electron chi connectivity index (χ0n) is 16.4. The normalized spacial score (nSPS) is 13.9. The van der Waals surface area contributed by atoms with Gasteiger partial charge in [-0.05, 0) is 61.2 Å². The molecule has 1 aliphatic rings. The number of hydrogen-bond acceptors (Lipinski definition) is 4. The van der Waals surface area contributed by atoms with Gasteiger partial charge >= 0.3 is 0 Å². The van der Waals surface area contributed by atoms with E-state index in [1.807, 2.05) is 0 Å². The van der Waals surface area contributed by atoms with E-state index >= 15 is 0 Å². The second kappa shape index (κ2) is 8.75. The maximum absolute atomic E-state index is 12.5. The number of nitrogens with one attached hydrogen (secondary N) is 3. The van der Waals surface area contributed by atoms with Crippen LogP contribution in [0.5, 0.6) is 0 Å². The number of benzene rings is 2. The molecule has 0 spiro atoms. The van der Waals surface area contributed by atoms with Gasteiger partial charge in [0.2, 0.25) is 15.9 Å².